The van der Waals surface area contributed by atoms with E-state index in [9.17, 15) is 0 Å². The molecule has 4 aromatic rings. The van der Waals surface area contributed by atoms with Crippen LogP contribution in [0.15, 0.2) is 45.3 Å². The Labute approximate surface area is 168 Å². The Balaban J connectivity index is 1.71. The van der Waals surface area contributed by atoms with Gasteiger partial charge in [-0.1, -0.05) is 5.16 Å². The van der Waals surface area contributed by atoms with Gasteiger partial charge in [0.25, 0.3) is 5.89 Å². The molecule has 4 rings (SSSR count). The van der Waals surface area contributed by atoms with Crippen molar-refractivity contribution in [2.45, 2.75) is 20.8 Å². The molecule has 2 aromatic heterocycles. The fourth-order valence-electron chi connectivity index (χ4n) is 3.16. The first-order chi connectivity index (χ1) is 14.1. The quantitative estimate of drug-likeness (QED) is 0.423. The van der Waals surface area contributed by atoms with Gasteiger partial charge < -0.3 is 23.2 Å². The number of benzene rings is 2. The van der Waals surface area contributed by atoms with Crippen molar-refractivity contribution in [2.75, 3.05) is 20.3 Å². The Hall–Kier alpha value is -3.48. The number of hydrogen-bond donors (Lipinski definition) is 0. The summed E-state index contributed by atoms with van der Waals surface area (Å²) in [7, 11) is 1.64. The molecular weight excluding hydrogens is 372 g/mol. The van der Waals surface area contributed by atoms with Crippen LogP contribution in [0, 0.1) is 6.92 Å². The van der Waals surface area contributed by atoms with E-state index in [4.69, 9.17) is 23.2 Å². The third-order valence-corrected chi connectivity index (χ3v) is 4.56. The van der Waals surface area contributed by atoms with E-state index in [-0.39, 0.29) is 0 Å². The molecule has 150 valence electrons. The molecule has 2 aromatic carbocycles. The molecule has 0 aliphatic carbocycles. The van der Waals surface area contributed by atoms with E-state index in [1.807, 2.05) is 57.2 Å². The second kappa shape index (κ2) is 7.87. The summed E-state index contributed by atoms with van der Waals surface area (Å²) in [6.45, 7) is 6.90. The number of rotatable bonds is 7. The number of nitrogens with zero attached hydrogens (tertiary/aromatic N) is 2. The Bertz CT molecular complexity index is 1150. The molecule has 0 aliphatic heterocycles. The van der Waals surface area contributed by atoms with Gasteiger partial charge in [-0.25, -0.2) is 0 Å². The summed E-state index contributed by atoms with van der Waals surface area (Å²) < 4.78 is 28.0. The molecule has 0 bridgehead atoms. The minimum atomic E-state index is 0.376. The van der Waals surface area contributed by atoms with E-state index < -0.39 is 0 Å². The van der Waals surface area contributed by atoms with Crippen LogP contribution in [0.5, 0.6) is 17.2 Å². The fraction of sp³-hybridized carbons (Fsp3) is 0.273. The predicted molar refractivity (Wildman–Crippen MR) is 109 cm³/mol. The topological polar surface area (TPSA) is 79.8 Å². The second-order valence-electron chi connectivity index (χ2n) is 6.37. The summed E-state index contributed by atoms with van der Waals surface area (Å²) in [6.07, 6.45) is 0. The van der Waals surface area contributed by atoms with Crippen molar-refractivity contribution in [3.05, 3.63) is 42.0 Å². The highest BCUT2D eigenvalue weighted by Gasteiger charge is 2.20. The first-order valence-electron chi connectivity index (χ1n) is 9.45. The molecule has 7 heteroatoms. The molecule has 0 N–H and O–H groups in total. The van der Waals surface area contributed by atoms with Crippen molar-refractivity contribution >= 4 is 11.0 Å². The van der Waals surface area contributed by atoms with Gasteiger partial charge in [-0.05, 0) is 57.2 Å². The predicted octanol–water partition coefficient (Wildman–Crippen LogP) is 5.26. The lowest BCUT2D eigenvalue weighted by molar-refractivity contribution is 0.288. The van der Waals surface area contributed by atoms with Gasteiger partial charge in [0, 0.05) is 16.5 Å². The van der Waals surface area contributed by atoms with E-state index in [2.05, 4.69) is 10.1 Å². The van der Waals surface area contributed by atoms with Gasteiger partial charge in [-0.2, -0.15) is 4.98 Å². The maximum atomic E-state index is 5.96. The van der Waals surface area contributed by atoms with Crippen molar-refractivity contribution in [3.63, 3.8) is 0 Å². The molecular formula is C22H22N2O5. The van der Waals surface area contributed by atoms with E-state index in [1.165, 1.54) is 0 Å². The minimum Gasteiger partial charge on any atom is -0.497 e. The van der Waals surface area contributed by atoms with Crippen LogP contribution in [-0.2, 0) is 0 Å². The summed E-state index contributed by atoms with van der Waals surface area (Å²) in [4.78, 5) is 4.53. The normalized spacial score (nSPS) is 11.0. The second-order valence-corrected chi connectivity index (χ2v) is 6.37. The van der Waals surface area contributed by atoms with Crippen molar-refractivity contribution in [3.8, 4) is 40.3 Å². The Morgan fingerprint density at radius 2 is 1.76 bits per heavy atom. The summed E-state index contributed by atoms with van der Waals surface area (Å²) in [5.41, 5.74) is 2.41. The first kappa shape index (κ1) is 18.9. The highest BCUT2D eigenvalue weighted by Crippen LogP contribution is 2.36. The maximum Gasteiger partial charge on any atom is 0.258 e. The Morgan fingerprint density at radius 1 is 0.966 bits per heavy atom. The molecule has 0 fully saturated rings. The number of methoxy groups -OCH3 is 1. The van der Waals surface area contributed by atoms with Crippen molar-refractivity contribution in [1.29, 1.82) is 0 Å². The van der Waals surface area contributed by atoms with E-state index >= 15 is 0 Å². The average Bonchev–Trinajstić information content (AvgIpc) is 3.34. The molecule has 0 spiro atoms. The minimum absolute atomic E-state index is 0.376. The molecule has 0 amide bonds. The van der Waals surface area contributed by atoms with Gasteiger partial charge in [0.2, 0.25) is 5.82 Å². The van der Waals surface area contributed by atoms with Gasteiger partial charge in [-0.15, -0.1) is 0 Å². The van der Waals surface area contributed by atoms with Crippen LogP contribution in [0.2, 0.25) is 0 Å². The molecule has 0 atom stereocenters. The number of furan rings is 1. The van der Waals surface area contributed by atoms with Crippen molar-refractivity contribution in [1.82, 2.24) is 10.1 Å². The third kappa shape index (κ3) is 3.51. The highest BCUT2D eigenvalue weighted by molar-refractivity contribution is 5.87. The number of ether oxygens (including phenoxy) is 3. The molecule has 7 nitrogen and oxygen atoms in total. The van der Waals surface area contributed by atoms with Gasteiger partial charge in [-0.3, -0.25) is 0 Å². The molecule has 0 unspecified atom stereocenters. The number of aryl methyl sites for hydroxylation is 1. The molecule has 0 saturated carbocycles. The summed E-state index contributed by atoms with van der Waals surface area (Å²) >= 11 is 0. The first-order valence-corrected chi connectivity index (χ1v) is 9.45. The zero-order chi connectivity index (χ0) is 20.4. The van der Waals surface area contributed by atoms with Crippen LogP contribution < -0.4 is 14.2 Å². The summed E-state index contributed by atoms with van der Waals surface area (Å²) in [6, 6.07) is 11.2. The van der Waals surface area contributed by atoms with Crippen LogP contribution in [-0.4, -0.2) is 30.5 Å². The molecule has 29 heavy (non-hydrogen) atoms. The zero-order valence-corrected chi connectivity index (χ0v) is 16.8. The van der Waals surface area contributed by atoms with Gasteiger partial charge in [0.15, 0.2) is 17.3 Å². The molecule has 0 aliphatic rings. The fourth-order valence-corrected chi connectivity index (χ4v) is 3.16. The lowest BCUT2D eigenvalue weighted by Crippen LogP contribution is -1.98. The highest BCUT2D eigenvalue weighted by atomic mass is 16.5. The number of fused-ring (bicyclic) bond motifs is 1. The van der Waals surface area contributed by atoms with Gasteiger partial charge >= 0.3 is 0 Å². The van der Waals surface area contributed by atoms with Gasteiger partial charge in [0.05, 0.1) is 20.3 Å². The number of hydrogen-bond acceptors (Lipinski definition) is 7. The molecule has 0 radical (unpaired) electrons. The van der Waals surface area contributed by atoms with Crippen LogP contribution in [0.25, 0.3) is 34.0 Å². The van der Waals surface area contributed by atoms with Crippen LogP contribution in [0.1, 0.15) is 19.4 Å². The number of aromatic nitrogens is 2. The average molecular weight is 394 g/mol. The standard InChI is InChI=1S/C22H22N2O5/c1-5-26-18-9-7-14(11-19(18)27-6-2)22-23-21(24-29-22)20-13(3)16-12-15(25-4)8-10-17(16)28-20/h7-12H,5-6H2,1-4H3. The van der Waals surface area contributed by atoms with E-state index in [0.717, 1.165) is 27.8 Å². The molecule has 2 heterocycles. The van der Waals surface area contributed by atoms with Crippen LogP contribution in [0.3, 0.4) is 0 Å². The largest absolute Gasteiger partial charge is 0.497 e. The SMILES string of the molecule is CCOc1ccc(-c2nc(-c3oc4ccc(OC)cc4c3C)no2)cc1OCC. The lowest BCUT2D eigenvalue weighted by atomic mass is 10.1. The van der Waals surface area contributed by atoms with Gasteiger partial charge in [0.1, 0.15) is 11.3 Å². The summed E-state index contributed by atoms with van der Waals surface area (Å²) in [5, 5.41) is 5.06. The Kier molecular flexibility index (Phi) is 5.12. The van der Waals surface area contributed by atoms with Crippen LogP contribution >= 0.6 is 0 Å². The van der Waals surface area contributed by atoms with E-state index in [1.54, 1.807) is 7.11 Å². The maximum absolute atomic E-state index is 5.96. The summed E-state index contributed by atoms with van der Waals surface area (Å²) in [5.74, 6) is 3.42. The Morgan fingerprint density at radius 3 is 2.52 bits per heavy atom. The smallest absolute Gasteiger partial charge is 0.258 e. The van der Waals surface area contributed by atoms with Crippen molar-refractivity contribution < 1.29 is 23.2 Å². The third-order valence-electron chi connectivity index (χ3n) is 4.56. The van der Waals surface area contributed by atoms with E-state index in [0.29, 0.717) is 42.2 Å². The zero-order valence-electron chi connectivity index (χ0n) is 16.8. The molecule has 0 saturated heterocycles. The van der Waals surface area contributed by atoms with Crippen LogP contribution in [0.4, 0.5) is 0 Å². The van der Waals surface area contributed by atoms with Crippen molar-refractivity contribution in [2.24, 2.45) is 0 Å². The lowest BCUT2D eigenvalue weighted by Gasteiger charge is -2.11. The monoisotopic (exact) mass is 394 g/mol.